The summed E-state index contributed by atoms with van der Waals surface area (Å²) in [5, 5.41) is 18.0. The molecule has 0 spiro atoms. The smallest absolute Gasteiger partial charge is 0.274 e. The molecule has 0 unspecified atom stereocenters. The van der Waals surface area contributed by atoms with Gasteiger partial charge in [-0.15, -0.1) is 0 Å². The molecule has 1 N–H and O–H groups in total. The Bertz CT molecular complexity index is 1290. The van der Waals surface area contributed by atoms with E-state index in [9.17, 15) is 23.7 Å². The maximum absolute atomic E-state index is 14.0. The highest BCUT2D eigenvalue weighted by Gasteiger charge is 2.20. The molecule has 0 aliphatic carbocycles. The molecule has 4 rings (SSSR count). The number of rotatable bonds is 5. The summed E-state index contributed by atoms with van der Waals surface area (Å²) in [6.45, 7) is 0. The van der Waals surface area contributed by atoms with Gasteiger partial charge in [-0.3, -0.25) is 14.9 Å². The zero-order valence-electron chi connectivity index (χ0n) is 15.8. The van der Waals surface area contributed by atoms with E-state index in [1.54, 1.807) is 12.1 Å². The van der Waals surface area contributed by atoms with Gasteiger partial charge in [0, 0.05) is 17.7 Å². The van der Waals surface area contributed by atoms with Crippen LogP contribution in [0.15, 0.2) is 78.9 Å². The van der Waals surface area contributed by atoms with Gasteiger partial charge in [0.2, 0.25) is 0 Å². The van der Waals surface area contributed by atoms with E-state index in [-0.39, 0.29) is 22.8 Å². The number of halogens is 2. The standard InChI is InChI=1S/C22H14F2N4O3/c23-15-10-8-14(9-11-15)20-13-21(22(29)25-19-7-2-1-6-18(19)24)27(26-20)16-4-3-5-17(12-16)28(30)31/h1-13H,(H,25,29). The fraction of sp³-hybridized carbons (Fsp3) is 0. The fourth-order valence-electron chi connectivity index (χ4n) is 2.99. The Labute approximate surface area is 174 Å². The van der Waals surface area contributed by atoms with Crippen molar-refractivity contribution in [2.75, 3.05) is 5.32 Å². The van der Waals surface area contributed by atoms with E-state index in [4.69, 9.17) is 0 Å². The topological polar surface area (TPSA) is 90.1 Å². The number of non-ortho nitro benzene ring substituents is 1. The molecular formula is C22H14F2N4O3. The van der Waals surface area contributed by atoms with Gasteiger partial charge in [0.05, 0.1) is 22.0 Å². The van der Waals surface area contributed by atoms with Crippen molar-refractivity contribution in [1.82, 2.24) is 9.78 Å². The summed E-state index contributed by atoms with van der Waals surface area (Å²) in [6.07, 6.45) is 0. The molecule has 0 aliphatic rings. The molecule has 0 fully saturated rings. The molecule has 0 saturated heterocycles. The molecule has 0 atom stereocenters. The third-order valence-electron chi connectivity index (χ3n) is 4.49. The SMILES string of the molecule is O=C(Nc1ccccc1F)c1cc(-c2ccc(F)cc2)nn1-c1cccc([N+](=O)[O-])c1. The second-order valence-corrected chi connectivity index (χ2v) is 6.54. The highest BCUT2D eigenvalue weighted by atomic mass is 19.1. The van der Waals surface area contributed by atoms with Crippen LogP contribution in [-0.2, 0) is 0 Å². The third kappa shape index (κ3) is 4.15. The van der Waals surface area contributed by atoms with E-state index in [1.807, 2.05) is 0 Å². The fourth-order valence-corrected chi connectivity index (χ4v) is 2.99. The number of nitrogens with one attached hydrogen (secondary N) is 1. The van der Waals surface area contributed by atoms with Gasteiger partial charge in [0.1, 0.15) is 17.3 Å². The van der Waals surface area contributed by atoms with Crippen LogP contribution in [0.4, 0.5) is 20.2 Å². The normalized spacial score (nSPS) is 10.6. The zero-order chi connectivity index (χ0) is 22.0. The summed E-state index contributed by atoms with van der Waals surface area (Å²) in [6, 6.07) is 18.2. The van der Waals surface area contributed by atoms with Gasteiger partial charge in [-0.25, -0.2) is 13.5 Å². The van der Waals surface area contributed by atoms with E-state index < -0.39 is 22.5 Å². The van der Waals surface area contributed by atoms with Crippen molar-refractivity contribution in [2.45, 2.75) is 0 Å². The van der Waals surface area contributed by atoms with Crippen LogP contribution < -0.4 is 5.32 Å². The number of hydrogen-bond acceptors (Lipinski definition) is 4. The van der Waals surface area contributed by atoms with Crippen molar-refractivity contribution < 1.29 is 18.5 Å². The van der Waals surface area contributed by atoms with Crippen molar-refractivity contribution in [3.05, 3.63) is 106 Å². The second-order valence-electron chi connectivity index (χ2n) is 6.54. The number of benzene rings is 3. The molecule has 0 saturated carbocycles. The van der Waals surface area contributed by atoms with Gasteiger partial charge in [-0.2, -0.15) is 5.10 Å². The maximum Gasteiger partial charge on any atom is 0.274 e. The number of nitro benzene ring substituents is 1. The molecule has 0 radical (unpaired) electrons. The lowest BCUT2D eigenvalue weighted by Gasteiger charge is -2.09. The minimum absolute atomic E-state index is 0.0167. The Morgan fingerprint density at radius 2 is 1.71 bits per heavy atom. The Morgan fingerprint density at radius 3 is 2.42 bits per heavy atom. The number of nitrogens with zero attached hydrogens (tertiary/aromatic N) is 3. The molecule has 154 valence electrons. The molecule has 0 aliphatic heterocycles. The number of carbonyl (C=O) groups excluding carboxylic acids is 1. The number of nitro groups is 1. The molecule has 7 nitrogen and oxygen atoms in total. The first-order valence-corrected chi connectivity index (χ1v) is 9.09. The van der Waals surface area contributed by atoms with Gasteiger partial charge < -0.3 is 5.32 Å². The predicted octanol–water partition coefficient (Wildman–Crippen LogP) is 4.98. The molecule has 9 heteroatoms. The Morgan fingerprint density at radius 1 is 0.968 bits per heavy atom. The number of aromatic nitrogens is 2. The highest BCUT2D eigenvalue weighted by Crippen LogP contribution is 2.25. The monoisotopic (exact) mass is 420 g/mol. The first-order chi connectivity index (χ1) is 14.9. The minimum Gasteiger partial charge on any atom is -0.318 e. The number of amides is 1. The Kier molecular flexibility index (Phi) is 5.23. The van der Waals surface area contributed by atoms with E-state index >= 15 is 0 Å². The van der Waals surface area contributed by atoms with Crippen molar-refractivity contribution in [1.29, 1.82) is 0 Å². The summed E-state index contributed by atoms with van der Waals surface area (Å²) >= 11 is 0. The largest absolute Gasteiger partial charge is 0.318 e. The van der Waals surface area contributed by atoms with Crippen molar-refractivity contribution in [3.8, 4) is 16.9 Å². The first kappa shape index (κ1) is 19.9. The van der Waals surface area contributed by atoms with Crippen molar-refractivity contribution in [3.63, 3.8) is 0 Å². The molecule has 1 amide bonds. The van der Waals surface area contributed by atoms with Crippen molar-refractivity contribution in [2.24, 2.45) is 0 Å². The third-order valence-corrected chi connectivity index (χ3v) is 4.49. The summed E-state index contributed by atoms with van der Waals surface area (Å²) in [5.74, 6) is -1.71. The summed E-state index contributed by atoms with van der Waals surface area (Å²) in [7, 11) is 0. The number of anilines is 1. The van der Waals surface area contributed by atoms with Crippen LogP contribution >= 0.6 is 0 Å². The Balaban J connectivity index is 1.81. The van der Waals surface area contributed by atoms with Crippen LogP contribution in [0.2, 0.25) is 0 Å². The molecule has 3 aromatic carbocycles. The highest BCUT2D eigenvalue weighted by molar-refractivity contribution is 6.04. The van der Waals surface area contributed by atoms with Crippen LogP contribution in [0.25, 0.3) is 16.9 Å². The van der Waals surface area contributed by atoms with Crippen molar-refractivity contribution >= 4 is 17.3 Å². The molecular weight excluding hydrogens is 406 g/mol. The lowest BCUT2D eigenvalue weighted by atomic mass is 10.1. The molecule has 1 aromatic heterocycles. The number of carbonyl (C=O) groups is 1. The van der Waals surface area contributed by atoms with Crippen LogP contribution in [0, 0.1) is 21.7 Å². The second kappa shape index (κ2) is 8.15. The first-order valence-electron chi connectivity index (χ1n) is 9.09. The minimum atomic E-state index is -0.669. The predicted molar refractivity (Wildman–Crippen MR) is 110 cm³/mol. The van der Waals surface area contributed by atoms with E-state index in [0.29, 0.717) is 11.3 Å². The van der Waals surface area contributed by atoms with Crippen LogP contribution in [-0.4, -0.2) is 20.6 Å². The molecule has 31 heavy (non-hydrogen) atoms. The lowest BCUT2D eigenvalue weighted by Crippen LogP contribution is -2.17. The summed E-state index contributed by atoms with van der Waals surface area (Å²) in [4.78, 5) is 23.5. The average molecular weight is 420 g/mol. The number of hydrogen-bond donors (Lipinski definition) is 1. The van der Waals surface area contributed by atoms with Gasteiger partial charge in [0.25, 0.3) is 11.6 Å². The quantitative estimate of drug-likeness (QED) is 0.364. The number of para-hydroxylation sites is 1. The zero-order valence-corrected chi connectivity index (χ0v) is 15.8. The van der Waals surface area contributed by atoms with Gasteiger partial charge in [-0.1, -0.05) is 18.2 Å². The molecule has 0 bridgehead atoms. The maximum atomic E-state index is 14.0. The van der Waals surface area contributed by atoms with Gasteiger partial charge >= 0.3 is 0 Å². The van der Waals surface area contributed by atoms with Gasteiger partial charge in [-0.05, 0) is 48.5 Å². The van der Waals surface area contributed by atoms with E-state index in [0.717, 1.165) is 0 Å². The lowest BCUT2D eigenvalue weighted by molar-refractivity contribution is -0.384. The molecule has 1 heterocycles. The summed E-state index contributed by atoms with van der Waals surface area (Å²) in [5.41, 5.74) is 0.944. The Hall–Kier alpha value is -4.40. The van der Waals surface area contributed by atoms with Crippen LogP contribution in [0.1, 0.15) is 10.5 Å². The average Bonchev–Trinajstić information content (AvgIpc) is 3.21. The van der Waals surface area contributed by atoms with Crippen LogP contribution in [0.3, 0.4) is 0 Å². The van der Waals surface area contributed by atoms with E-state index in [1.165, 1.54) is 71.4 Å². The molecule has 4 aromatic rings. The van der Waals surface area contributed by atoms with Gasteiger partial charge in [0.15, 0.2) is 0 Å². The summed E-state index contributed by atoms with van der Waals surface area (Å²) < 4.78 is 28.5. The van der Waals surface area contributed by atoms with Crippen LogP contribution in [0.5, 0.6) is 0 Å². The van der Waals surface area contributed by atoms with E-state index in [2.05, 4.69) is 10.4 Å².